The fourth-order valence-electron chi connectivity index (χ4n) is 2.10. The van der Waals surface area contributed by atoms with E-state index in [-0.39, 0.29) is 12.3 Å². The molecular weight excluding hydrogens is 464 g/mol. The van der Waals surface area contributed by atoms with Gasteiger partial charge in [0.1, 0.15) is 6.61 Å². The Morgan fingerprint density at radius 3 is 2.65 bits per heavy atom. The zero-order chi connectivity index (χ0) is 18.9. The van der Waals surface area contributed by atoms with Gasteiger partial charge in [0.25, 0.3) is 0 Å². The van der Waals surface area contributed by atoms with Gasteiger partial charge in [0.2, 0.25) is 5.91 Å². The summed E-state index contributed by atoms with van der Waals surface area (Å²) >= 11 is 6.81. The van der Waals surface area contributed by atoms with E-state index in [1.807, 2.05) is 30.3 Å². The normalized spacial score (nSPS) is 10.6. The maximum Gasteiger partial charge on any atom is 0.244 e. The molecule has 1 N–H and O–H groups in total. The second-order valence-electron chi connectivity index (χ2n) is 5.23. The lowest BCUT2D eigenvalue weighted by atomic mass is 10.1. The average Bonchev–Trinajstić information content (AvgIpc) is 2.62. The molecule has 1 amide bonds. The van der Waals surface area contributed by atoms with Crippen LogP contribution < -0.4 is 14.9 Å². The summed E-state index contributed by atoms with van der Waals surface area (Å²) in [5, 5.41) is 4.00. The van der Waals surface area contributed by atoms with Crippen LogP contribution in [0.5, 0.6) is 11.5 Å². The van der Waals surface area contributed by atoms with E-state index < -0.39 is 0 Å². The van der Waals surface area contributed by atoms with E-state index in [0.29, 0.717) is 18.1 Å². The molecule has 0 atom stereocenters. The van der Waals surface area contributed by atoms with Gasteiger partial charge >= 0.3 is 0 Å². The molecule has 0 saturated heterocycles. The molecule has 7 heteroatoms. The van der Waals surface area contributed by atoms with Gasteiger partial charge in [-0.2, -0.15) is 5.10 Å². The van der Waals surface area contributed by atoms with Gasteiger partial charge in [0, 0.05) is 4.47 Å². The molecule has 0 saturated carbocycles. The van der Waals surface area contributed by atoms with E-state index >= 15 is 0 Å². The summed E-state index contributed by atoms with van der Waals surface area (Å²) in [6, 6.07) is 11.2. The van der Waals surface area contributed by atoms with Gasteiger partial charge in [-0.25, -0.2) is 5.43 Å². The molecule has 0 radical (unpaired) electrons. The Hall–Kier alpha value is -2.12. The molecule has 136 valence electrons. The predicted octanol–water partition coefficient (Wildman–Crippen LogP) is 4.48. The molecular formula is C19H18Br2N2O3. The van der Waals surface area contributed by atoms with Gasteiger partial charge in [0.05, 0.1) is 24.2 Å². The lowest BCUT2D eigenvalue weighted by Gasteiger charge is -2.12. The minimum absolute atomic E-state index is 0.194. The monoisotopic (exact) mass is 480 g/mol. The van der Waals surface area contributed by atoms with Crippen molar-refractivity contribution in [3.8, 4) is 11.5 Å². The first-order valence-electron chi connectivity index (χ1n) is 7.71. The van der Waals surface area contributed by atoms with Crippen LogP contribution in [-0.2, 0) is 11.2 Å². The van der Waals surface area contributed by atoms with Gasteiger partial charge < -0.3 is 9.47 Å². The summed E-state index contributed by atoms with van der Waals surface area (Å²) in [6.07, 6.45) is 3.46. The number of methoxy groups -OCH3 is 1. The molecule has 26 heavy (non-hydrogen) atoms. The number of nitrogens with zero attached hydrogens (tertiary/aromatic N) is 1. The Kier molecular flexibility index (Phi) is 7.87. The summed E-state index contributed by atoms with van der Waals surface area (Å²) in [5.74, 6) is 0.952. The Morgan fingerprint density at radius 2 is 2.00 bits per heavy atom. The van der Waals surface area contributed by atoms with Crippen molar-refractivity contribution in [2.24, 2.45) is 5.10 Å². The molecule has 2 rings (SSSR count). The summed E-state index contributed by atoms with van der Waals surface area (Å²) in [4.78, 5) is 12.0. The molecule has 0 fully saturated rings. The summed E-state index contributed by atoms with van der Waals surface area (Å²) < 4.78 is 12.6. The molecule has 5 nitrogen and oxygen atoms in total. The van der Waals surface area contributed by atoms with Gasteiger partial charge in [-0.05, 0) is 51.3 Å². The van der Waals surface area contributed by atoms with Crippen LogP contribution in [0.15, 0.2) is 63.1 Å². The average molecular weight is 482 g/mol. The number of carbonyl (C=O) groups is 1. The van der Waals surface area contributed by atoms with E-state index in [9.17, 15) is 4.79 Å². The van der Waals surface area contributed by atoms with E-state index in [1.54, 1.807) is 25.5 Å². The minimum atomic E-state index is -0.194. The topological polar surface area (TPSA) is 59.9 Å². The molecule has 0 aliphatic heterocycles. The number of halogens is 2. The highest BCUT2D eigenvalue weighted by Crippen LogP contribution is 2.36. The smallest absolute Gasteiger partial charge is 0.244 e. The third-order valence-corrected chi connectivity index (χ3v) is 4.40. The minimum Gasteiger partial charge on any atom is -0.493 e. The molecule has 0 spiro atoms. The van der Waals surface area contributed by atoms with Crippen LogP contribution in [0.3, 0.4) is 0 Å². The molecule has 0 bridgehead atoms. The number of nitrogens with one attached hydrogen (secondary N) is 1. The van der Waals surface area contributed by atoms with Crippen LogP contribution >= 0.6 is 31.9 Å². The predicted molar refractivity (Wildman–Crippen MR) is 110 cm³/mol. The zero-order valence-corrected chi connectivity index (χ0v) is 17.3. The molecule has 0 heterocycles. The quantitative estimate of drug-likeness (QED) is 0.343. The third-order valence-electron chi connectivity index (χ3n) is 3.28. The Labute approximate surface area is 169 Å². The van der Waals surface area contributed by atoms with Crippen molar-refractivity contribution in [1.29, 1.82) is 0 Å². The molecule has 0 aromatic heterocycles. The first-order chi connectivity index (χ1) is 12.5. The maximum absolute atomic E-state index is 12.0. The van der Waals surface area contributed by atoms with Crippen molar-refractivity contribution in [1.82, 2.24) is 5.43 Å². The molecule has 2 aromatic rings. The van der Waals surface area contributed by atoms with Gasteiger partial charge in [-0.3, -0.25) is 4.79 Å². The largest absolute Gasteiger partial charge is 0.493 e. The van der Waals surface area contributed by atoms with Gasteiger partial charge in [-0.15, -0.1) is 0 Å². The van der Waals surface area contributed by atoms with Crippen LogP contribution in [0.1, 0.15) is 11.1 Å². The van der Waals surface area contributed by atoms with Crippen molar-refractivity contribution in [3.63, 3.8) is 0 Å². The number of rotatable bonds is 8. The first kappa shape index (κ1) is 20.2. The SMILES string of the molecule is C=CCOc1c(Br)cc(/C=N\NC(=O)Cc2ccc(Br)cc2)cc1OC. The van der Waals surface area contributed by atoms with Crippen LogP contribution in [0.4, 0.5) is 0 Å². The third kappa shape index (κ3) is 6.00. The Bertz CT molecular complexity index is 805. The van der Waals surface area contributed by atoms with Crippen molar-refractivity contribution < 1.29 is 14.3 Å². The first-order valence-corrected chi connectivity index (χ1v) is 9.29. The van der Waals surface area contributed by atoms with Gasteiger partial charge in [-0.1, -0.05) is 40.7 Å². The number of benzene rings is 2. The number of hydrogen-bond acceptors (Lipinski definition) is 4. The standard InChI is InChI=1S/C19H18Br2N2O3/c1-3-8-26-19-16(21)9-14(10-17(19)25-2)12-22-23-18(24)11-13-4-6-15(20)7-5-13/h3-7,9-10,12H,1,8,11H2,2H3,(H,23,24)/b22-12-. The number of ether oxygens (including phenoxy) is 2. The second kappa shape index (κ2) is 10.1. The molecule has 0 aliphatic rings. The summed E-state index contributed by atoms with van der Waals surface area (Å²) in [7, 11) is 1.56. The van der Waals surface area contributed by atoms with Crippen LogP contribution in [0, 0.1) is 0 Å². The molecule has 2 aromatic carbocycles. The fraction of sp³-hybridized carbons (Fsp3) is 0.158. The lowest BCUT2D eigenvalue weighted by Crippen LogP contribution is -2.19. The van der Waals surface area contributed by atoms with Crippen molar-refractivity contribution in [2.45, 2.75) is 6.42 Å². The molecule has 0 unspecified atom stereocenters. The summed E-state index contributed by atoms with van der Waals surface area (Å²) in [6.45, 7) is 3.99. The van der Waals surface area contributed by atoms with E-state index in [0.717, 1.165) is 20.1 Å². The Morgan fingerprint density at radius 1 is 1.27 bits per heavy atom. The van der Waals surface area contributed by atoms with Crippen LogP contribution in [-0.4, -0.2) is 25.8 Å². The molecule has 0 aliphatic carbocycles. The van der Waals surface area contributed by atoms with Crippen molar-refractivity contribution in [3.05, 3.63) is 69.1 Å². The number of hydrogen-bond donors (Lipinski definition) is 1. The van der Waals surface area contributed by atoms with Crippen LogP contribution in [0.25, 0.3) is 0 Å². The number of amides is 1. The van der Waals surface area contributed by atoms with E-state index in [2.05, 4.69) is 49.0 Å². The maximum atomic E-state index is 12.0. The van der Waals surface area contributed by atoms with Crippen molar-refractivity contribution in [2.75, 3.05) is 13.7 Å². The van der Waals surface area contributed by atoms with Crippen LogP contribution in [0.2, 0.25) is 0 Å². The zero-order valence-electron chi connectivity index (χ0n) is 14.2. The highest BCUT2D eigenvalue weighted by atomic mass is 79.9. The fourth-order valence-corrected chi connectivity index (χ4v) is 2.94. The summed E-state index contributed by atoms with van der Waals surface area (Å²) in [5.41, 5.74) is 4.18. The second-order valence-corrected chi connectivity index (χ2v) is 7.00. The van der Waals surface area contributed by atoms with E-state index in [1.165, 1.54) is 0 Å². The Balaban J connectivity index is 2.00. The van der Waals surface area contributed by atoms with Gasteiger partial charge in [0.15, 0.2) is 11.5 Å². The number of carbonyl (C=O) groups excluding carboxylic acids is 1. The van der Waals surface area contributed by atoms with E-state index in [4.69, 9.17) is 9.47 Å². The highest BCUT2D eigenvalue weighted by molar-refractivity contribution is 9.10. The number of hydrazone groups is 1. The van der Waals surface area contributed by atoms with Crippen molar-refractivity contribution >= 4 is 44.0 Å². The lowest BCUT2D eigenvalue weighted by molar-refractivity contribution is -0.120. The highest BCUT2D eigenvalue weighted by Gasteiger charge is 2.10.